The quantitative estimate of drug-likeness (QED) is 0.749. The van der Waals surface area contributed by atoms with E-state index in [2.05, 4.69) is 25.1 Å². The van der Waals surface area contributed by atoms with Gasteiger partial charge in [0.25, 0.3) is 0 Å². The first-order valence-electron chi connectivity index (χ1n) is 6.57. The molecule has 0 aromatic carbocycles. The maximum atomic E-state index is 5.80. The fourth-order valence-corrected chi connectivity index (χ4v) is 2.39. The number of nitrogens with one attached hydrogen (secondary N) is 1. The Kier molecular flexibility index (Phi) is 2.38. The fourth-order valence-electron chi connectivity index (χ4n) is 2.39. The number of aromatic nitrogens is 4. The summed E-state index contributed by atoms with van der Waals surface area (Å²) in [5.41, 5.74) is 6.46. The van der Waals surface area contributed by atoms with Crippen molar-refractivity contribution in [3.63, 3.8) is 0 Å². The van der Waals surface area contributed by atoms with Crippen LogP contribution in [0.4, 0.5) is 11.8 Å². The van der Waals surface area contributed by atoms with Crippen molar-refractivity contribution in [2.24, 2.45) is 0 Å². The van der Waals surface area contributed by atoms with Crippen LogP contribution in [0.1, 0.15) is 18.6 Å². The highest BCUT2D eigenvalue weighted by Gasteiger charge is 2.32. The lowest BCUT2D eigenvalue weighted by atomic mass is 10.3. The van der Waals surface area contributed by atoms with Crippen molar-refractivity contribution in [2.45, 2.75) is 25.4 Å². The van der Waals surface area contributed by atoms with E-state index >= 15 is 0 Å². The second kappa shape index (κ2) is 4.22. The normalized spacial score (nSPS) is 14.8. The zero-order chi connectivity index (χ0) is 13.5. The van der Waals surface area contributed by atoms with Gasteiger partial charge in [-0.25, -0.2) is 0 Å². The van der Waals surface area contributed by atoms with Gasteiger partial charge in [-0.05, 0) is 25.0 Å². The highest BCUT2D eigenvalue weighted by atomic mass is 16.3. The van der Waals surface area contributed by atoms with Crippen LogP contribution in [0.15, 0.2) is 29.0 Å². The Bertz CT molecular complexity index is 730. The van der Waals surface area contributed by atoms with Gasteiger partial charge in [-0.15, -0.1) is 0 Å². The summed E-state index contributed by atoms with van der Waals surface area (Å²) in [7, 11) is 0. The average molecular weight is 270 g/mol. The van der Waals surface area contributed by atoms with E-state index in [4.69, 9.17) is 10.2 Å². The number of aromatic amines is 1. The molecule has 0 saturated heterocycles. The molecule has 102 valence electrons. The molecular formula is C13H14N6O. The highest BCUT2D eigenvalue weighted by Crippen LogP contribution is 2.35. The van der Waals surface area contributed by atoms with Crippen molar-refractivity contribution >= 4 is 22.8 Å². The molecule has 1 aliphatic carbocycles. The van der Waals surface area contributed by atoms with Crippen LogP contribution in [0.25, 0.3) is 11.0 Å². The smallest absolute Gasteiger partial charge is 0.224 e. The van der Waals surface area contributed by atoms with Crippen LogP contribution in [-0.4, -0.2) is 26.2 Å². The Hall–Kier alpha value is -2.57. The molecule has 0 unspecified atom stereocenters. The van der Waals surface area contributed by atoms with Gasteiger partial charge in [-0.2, -0.15) is 15.1 Å². The molecule has 0 bridgehead atoms. The molecule has 3 aromatic rings. The van der Waals surface area contributed by atoms with Crippen LogP contribution in [0.3, 0.4) is 0 Å². The van der Waals surface area contributed by atoms with Gasteiger partial charge in [0.2, 0.25) is 5.95 Å². The molecule has 4 rings (SSSR count). The first-order chi connectivity index (χ1) is 9.81. The number of nitrogens with two attached hydrogens (primary N) is 1. The lowest BCUT2D eigenvalue weighted by Gasteiger charge is -2.23. The Balaban J connectivity index is 1.79. The van der Waals surface area contributed by atoms with Crippen molar-refractivity contribution < 1.29 is 4.42 Å². The number of furan rings is 1. The van der Waals surface area contributed by atoms with Crippen LogP contribution in [-0.2, 0) is 6.54 Å². The monoisotopic (exact) mass is 270 g/mol. The average Bonchev–Trinajstić information content (AvgIpc) is 2.96. The molecule has 1 aliphatic rings. The van der Waals surface area contributed by atoms with Crippen LogP contribution >= 0.6 is 0 Å². The fraction of sp³-hybridized carbons (Fsp3) is 0.308. The van der Waals surface area contributed by atoms with E-state index in [0.717, 1.165) is 29.8 Å². The van der Waals surface area contributed by atoms with Gasteiger partial charge >= 0.3 is 0 Å². The van der Waals surface area contributed by atoms with Gasteiger partial charge in [-0.3, -0.25) is 5.10 Å². The molecule has 1 fully saturated rings. The second-order valence-corrected chi connectivity index (χ2v) is 4.98. The number of rotatable bonds is 4. The molecule has 0 spiro atoms. The van der Waals surface area contributed by atoms with Crippen molar-refractivity contribution in [1.82, 2.24) is 20.2 Å². The van der Waals surface area contributed by atoms with Crippen LogP contribution in [0.2, 0.25) is 0 Å². The lowest BCUT2D eigenvalue weighted by Crippen LogP contribution is -2.26. The minimum atomic E-state index is 0.252. The van der Waals surface area contributed by atoms with Gasteiger partial charge in [0.05, 0.1) is 24.4 Å². The number of nitrogens with zero attached hydrogens (tertiary/aromatic N) is 4. The summed E-state index contributed by atoms with van der Waals surface area (Å²) < 4.78 is 5.45. The Labute approximate surface area is 114 Å². The molecule has 3 heterocycles. The molecule has 3 aromatic heterocycles. The van der Waals surface area contributed by atoms with Gasteiger partial charge in [0, 0.05) is 6.04 Å². The van der Waals surface area contributed by atoms with Crippen LogP contribution in [0, 0.1) is 0 Å². The van der Waals surface area contributed by atoms with Crippen molar-refractivity contribution in [3.8, 4) is 0 Å². The number of H-pyrrole nitrogens is 1. The number of anilines is 2. The third-order valence-corrected chi connectivity index (χ3v) is 3.47. The van der Waals surface area contributed by atoms with E-state index in [9.17, 15) is 0 Å². The molecule has 0 aliphatic heterocycles. The van der Waals surface area contributed by atoms with Gasteiger partial charge in [0.15, 0.2) is 5.65 Å². The van der Waals surface area contributed by atoms with E-state index in [0.29, 0.717) is 18.2 Å². The SMILES string of the molecule is Nc1nc(N(Cc2ccco2)C2CC2)c2cn[nH]c2n1. The Morgan fingerprint density at radius 1 is 1.40 bits per heavy atom. The summed E-state index contributed by atoms with van der Waals surface area (Å²) in [4.78, 5) is 10.8. The summed E-state index contributed by atoms with van der Waals surface area (Å²) in [5, 5.41) is 7.76. The molecule has 7 heteroatoms. The maximum absolute atomic E-state index is 5.80. The third kappa shape index (κ3) is 1.87. The maximum Gasteiger partial charge on any atom is 0.224 e. The summed E-state index contributed by atoms with van der Waals surface area (Å²) >= 11 is 0. The zero-order valence-electron chi connectivity index (χ0n) is 10.8. The van der Waals surface area contributed by atoms with Crippen molar-refractivity contribution in [1.29, 1.82) is 0 Å². The molecule has 7 nitrogen and oxygen atoms in total. The molecule has 0 atom stereocenters. The van der Waals surface area contributed by atoms with E-state index in [1.807, 2.05) is 12.1 Å². The van der Waals surface area contributed by atoms with E-state index in [1.54, 1.807) is 12.5 Å². The molecule has 3 N–H and O–H groups in total. The largest absolute Gasteiger partial charge is 0.467 e. The standard InChI is InChI=1S/C13H14N6O/c14-13-16-11-10(6-15-18-11)12(17-13)19(8-3-4-8)7-9-2-1-5-20-9/h1-2,5-6,8H,3-4,7H2,(H3,14,15,16,17,18). The number of hydrogen-bond acceptors (Lipinski definition) is 6. The van der Waals surface area contributed by atoms with E-state index < -0.39 is 0 Å². The molecule has 0 radical (unpaired) electrons. The van der Waals surface area contributed by atoms with E-state index in [-0.39, 0.29) is 5.95 Å². The minimum Gasteiger partial charge on any atom is -0.467 e. The van der Waals surface area contributed by atoms with Gasteiger partial charge in [-0.1, -0.05) is 0 Å². The molecular weight excluding hydrogens is 256 g/mol. The van der Waals surface area contributed by atoms with Crippen molar-refractivity contribution in [3.05, 3.63) is 30.4 Å². The van der Waals surface area contributed by atoms with Gasteiger partial charge in [0.1, 0.15) is 11.6 Å². The number of fused-ring (bicyclic) bond motifs is 1. The lowest BCUT2D eigenvalue weighted by molar-refractivity contribution is 0.500. The predicted molar refractivity (Wildman–Crippen MR) is 74.0 cm³/mol. The third-order valence-electron chi connectivity index (χ3n) is 3.47. The summed E-state index contributed by atoms with van der Waals surface area (Å²) in [6.07, 6.45) is 5.73. The summed E-state index contributed by atoms with van der Waals surface area (Å²) in [5.74, 6) is 1.98. The molecule has 1 saturated carbocycles. The van der Waals surface area contributed by atoms with E-state index in [1.165, 1.54) is 0 Å². The van der Waals surface area contributed by atoms with Crippen molar-refractivity contribution in [2.75, 3.05) is 10.6 Å². The Morgan fingerprint density at radius 3 is 3.05 bits per heavy atom. The Morgan fingerprint density at radius 2 is 2.30 bits per heavy atom. The zero-order valence-corrected chi connectivity index (χ0v) is 10.8. The van der Waals surface area contributed by atoms with Gasteiger partial charge < -0.3 is 15.1 Å². The minimum absolute atomic E-state index is 0.252. The first-order valence-corrected chi connectivity index (χ1v) is 6.57. The topological polar surface area (TPSA) is 96.9 Å². The molecule has 20 heavy (non-hydrogen) atoms. The molecule has 0 amide bonds. The number of nitrogen functional groups attached to an aromatic ring is 1. The second-order valence-electron chi connectivity index (χ2n) is 4.98. The predicted octanol–water partition coefficient (Wildman–Crippen LogP) is 1.70. The van der Waals surface area contributed by atoms with Crippen LogP contribution in [0.5, 0.6) is 0 Å². The summed E-state index contributed by atoms with van der Waals surface area (Å²) in [6, 6.07) is 4.34. The number of hydrogen-bond donors (Lipinski definition) is 2. The highest BCUT2D eigenvalue weighted by molar-refractivity contribution is 5.87. The first kappa shape index (κ1) is 11.3. The van der Waals surface area contributed by atoms with Crippen LogP contribution < -0.4 is 10.6 Å². The summed E-state index contributed by atoms with van der Waals surface area (Å²) in [6.45, 7) is 0.675.